The van der Waals surface area contributed by atoms with Crippen LogP contribution in [0.3, 0.4) is 0 Å². The van der Waals surface area contributed by atoms with Gasteiger partial charge in [-0.15, -0.1) is 0 Å². The second-order valence-electron chi connectivity index (χ2n) is 7.17. The molecule has 6 nitrogen and oxygen atoms in total. The predicted octanol–water partition coefficient (Wildman–Crippen LogP) is 2.95. The number of hydrogen-bond acceptors (Lipinski definition) is 4. The van der Waals surface area contributed by atoms with Crippen LogP contribution >= 0.6 is 0 Å². The number of amides is 1. The highest BCUT2D eigenvalue weighted by molar-refractivity contribution is 6.01. The van der Waals surface area contributed by atoms with Crippen LogP contribution in [0.5, 0.6) is 0 Å². The number of nitrogens with two attached hydrogens (primary N) is 2. The van der Waals surface area contributed by atoms with E-state index in [2.05, 4.69) is 5.32 Å². The molecule has 4 rings (SSSR count). The lowest BCUT2D eigenvalue weighted by molar-refractivity contribution is 0.0998. The lowest BCUT2D eigenvalue weighted by Gasteiger charge is -2.17. The van der Waals surface area contributed by atoms with Crippen molar-refractivity contribution in [3.05, 3.63) is 69.5 Å². The fourth-order valence-electron chi connectivity index (χ4n) is 3.77. The van der Waals surface area contributed by atoms with E-state index in [0.717, 1.165) is 12.0 Å². The molecular formula is C21H20F2N4O2. The first-order valence-electron chi connectivity index (χ1n) is 9.30. The smallest absolute Gasteiger partial charge is 0.254 e. The molecule has 1 fully saturated rings. The zero-order valence-electron chi connectivity index (χ0n) is 15.7. The molecule has 2 aromatic carbocycles. The number of halogens is 2. The van der Waals surface area contributed by atoms with Crippen molar-refractivity contribution in [1.29, 1.82) is 0 Å². The largest absolute Gasteiger partial charge is 0.396 e. The van der Waals surface area contributed by atoms with Crippen LogP contribution in [0.25, 0.3) is 10.9 Å². The van der Waals surface area contributed by atoms with Crippen molar-refractivity contribution in [2.45, 2.75) is 31.8 Å². The van der Waals surface area contributed by atoms with E-state index in [-0.39, 0.29) is 40.7 Å². The Labute approximate surface area is 165 Å². The van der Waals surface area contributed by atoms with E-state index < -0.39 is 28.7 Å². The molecule has 1 aromatic heterocycles. The first kappa shape index (κ1) is 18.9. The van der Waals surface area contributed by atoms with E-state index in [1.165, 1.54) is 10.8 Å². The Hall–Kier alpha value is -3.42. The molecule has 1 amide bonds. The molecule has 0 aliphatic heterocycles. The van der Waals surface area contributed by atoms with Crippen molar-refractivity contribution in [2.24, 2.45) is 5.73 Å². The van der Waals surface area contributed by atoms with Gasteiger partial charge in [0.1, 0.15) is 11.3 Å². The molecule has 1 saturated carbocycles. The van der Waals surface area contributed by atoms with Gasteiger partial charge in [-0.05, 0) is 18.9 Å². The van der Waals surface area contributed by atoms with Crippen molar-refractivity contribution >= 4 is 28.2 Å². The summed E-state index contributed by atoms with van der Waals surface area (Å²) in [5.41, 5.74) is 9.92. The summed E-state index contributed by atoms with van der Waals surface area (Å²) in [6.45, 7) is 1.93. The van der Waals surface area contributed by atoms with Crippen molar-refractivity contribution in [3.63, 3.8) is 0 Å². The van der Waals surface area contributed by atoms with Crippen molar-refractivity contribution in [1.82, 2.24) is 4.57 Å². The Kier molecular flexibility index (Phi) is 4.49. The number of pyridine rings is 1. The molecule has 1 aliphatic carbocycles. The summed E-state index contributed by atoms with van der Waals surface area (Å²) in [5, 5.41) is 2.53. The van der Waals surface area contributed by atoms with Gasteiger partial charge in [-0.3, -0.25) is 9.59 Å². The monoisotopic (exact) mass is 398 g/mol. The van der Waals surface area contributed by atoms with E-state index in [9.17, 15) is 14.0 Å². The summed E-state index contributed by atoms with van der Waals surface area (Å²) in [5.74, 6) is -2.81. The topological polar surface area (TPSA) is 103 Å². The number of carbonyl (C=O) groups is 1. The van der Waals surface area contributed by atoms with Crippen LogP contribution in [0.15, 0.2) is 41.3 Å². The predicted molar refractivity (Wildman–Crippen MR) is 108 cm³/mol. The number of aryl methyl sites for hydroxylation is 1. The molecular weight excluding hydrogens is 378 g/mol. The van der Waals surface area contributed by atoms with E-state index >= 15 is 4.39 Å². The molecule has 8 heteroatoms. The average Bonchev–Trinajstić information content (AvgIpc) is 3.49. The molecule has 0 saturated heterocycles. The summed E-state index contributed by atoms with van der Waals surface area (Å²) in [4.78, 5) is 24.2. The highest BCUT2D eigenvalue weighted by atomic mass is 19.1. The number of hydrogen-bond donors (Lipinski definition) is 3. The van der Waals surface area contributed by atoms with Crippen LogP contribution < -0.4 is 22.2 Å². The number of carbonyl (C=O) groups excluding carboxylic acids is 1. The fourth-order valence-corrected chi connectivity index (χ4v) is 3.77. The highest BCUT2D eigenvalue weighted by Crippen LogP contribution is 2.44. The molecule has 1 aliphatic rings. The van der Waals surface area contributed by atoms with E-state index in [0.29, 0.717) is 0 Å². The number of primary amides is 1. The molecule has 3 aromatic rings. The maximum absolute atomic E-state index is 15.4. The first-order valence-corrected chi connectivity index (χ1v) is 9.30. The van der Waals surface area contributed by atoms with Crippen molar-refractivity contribution in [2.75, 3.05) is 11.1 Å². The number of nitrogens with one attached hydrogen (secondary N) is 1. The molecule has 1 heterocycles. The van der Waals surface area contributed by atoms with Crippen LogP contribution in [0.1, 0.15) is 35.2 Å². The van der Waals surface area contributed by atoms with Crippen LogP contribution in [0.4, 0.5) is 20.2 Å². The Morgan fingerprint density at radius 1 is 1.24 bits per heavy atom. The van der Waals surface area contributed by atoms with E-state index in [4.69, 9.17) is 11.5 Å². The van der Waals surface area contributed by atoms with Crippen LogP contribution in [-0.2, 0) is 6.54 Å². The second-order valence-corrected chi connectivity index (χ2v) is 7.17. The third-order valence-electron chi connectivity index (χ3n) is 5.39. The third kappa shape index (κ3) is 3.00. The molecule has 2 atom stereocenters. The second kappa shape index (κ2) is 6.88. The average molecular weight is 398 g/mol. The molecule has 29 heavy (non-hydrogen) atoms. The lowest BCUT2D eigenvalue weighted by atomic mass is 10.1. The van der Waals surface area contributed by atoms with Crippen molar-refractivity contribution in [3.8, 4) is 0 Å². The van der Waals surface area contributed by atoms with Crippen molar-refractivity contribution < 1.29 is 13.6 Å². The number of fused-ring (bicyclic) bond motifs is 1. The van der Waals surface area contributed by atoms with Gasteiger partial charge in [0.15, 0.2) is 11.6 Å². The van der Waals surface area contributed by atoms with Crippen LogP contribution in [0.2, 0.25) is 0 Å². The summed E-state index contributed by atoms with van der Waals surface area (Å²) in [6, 6.07) is 9.51. The maximum Gasteiger partial charge on any atom is 0.254 e. The molecule has 0 spiro atoms. The van der Waals surface area contributed by atoms with Gasteiger partial charge >= 0.3 is 0 Å². The molecule has 0 bridgehead atoms. The van der Waals surface area contributed by atoms with Gasteiger partial charge in [-0.25, -0.2) is 8.78 Å². The summed E-state index contributed by atoms with van der Waals surface area (Å²) >= 11 is 0. The van der Waals surface area contributed by atoms with Gasteiger partial charge < -0.3 is 21.4 Å². The minimum absolute atomic E-state index is 0.137. The quantitative estimate of drug-likeness (QED) is 0.575. The summed E-state index contributed by atoms with van der Waals surface area (Å²) < 4.78 is 31.7. The molecule has 0 unspecified atom stereocenters. The SMILES string of the molecule is CCn1cc(C(N)=O)c(=O)c2c(N)c(F)c(N[C@@H]3C[C@H]3c3ccccc3)c(F)c21. The van der Waals surface area contributed by atoms with Gasteiger partial charge in [0.25, 0.3) is 5.91 Å². The van der Waals surface area contributed by atoms with Gasteiger partial charge in [-0.2, -0.15) is 0 Å². The number of rotatable bonds is 5. The number of benzene rings is 2. The molecule has 5 N–H and O–H groups in total. The van der Waals surface area contributed by atoms with Gasteiger partial charge in [0, 0.05) is 24.7 Å². The summed E-state index contributed by atoms with van der Waals surface area (Å²) in [7, 11) is 0. The number of anilines is 2. The number of aromatic nitrogens is 1. The van der Waals surface area contributed by atoms with E-state index in [1.54, 1.807) is 6.92 Å². The number of nitrogen functional groups attached to an aromatic ring is 1. The van der Waals surface area contributed by atoms with Gasteiger partial charge in [0.2, 0.25) is 5.43 Å². The van der Waals surface area contributed by atoms with Gasteiger partial charge in [0.05, 0.1) is 16.6 Å². The lowest BCUT2D eigenvalue weighted by Crippen LogP contribution is -2.26. The number of nitrogens with zero attached hydrogens (tertiary/aromatic N) is 1. The molecule has 0 radical (unpaired) electrons. The Balaban J connectivity index is 1.84. The highest BCUT2D eigenvalue weighted by Gasteiger charge is 2.40. The Morgan fingerprint density at radius 3 is 2.55 bits per heavy atom. The van der Waals surface area contributed by atoms with E-state index in [1.807, 2.05) is 30.3 Å². The summed E-state index contributed by atoms with van der Waals surface area (Å²) in [6.07, 6.45) is 1.91. The Bertz CT molecular complexity index is 1190. The van der Waals surface area contributed by atoms with Crippen LogP contribution in [0, 0.1) is 11.6 Å². The molecule has 150 valence electrons. The van der Waals surface area contributed by atoms with Crippen LogP contribution in [-0.4, -0.2) is 16.5 Å². The minimum Gasteiger partial charge on any atom is -0.396 e. The fraction of sp³-hybridized carbons (Fsp3) is 0.238. The standard InChI is InChI=1S/C21H20F2N4O2/c1-2-27-9-12(21(25)29)20(28)14-17(24)15(22)18(16(23)19(14)27)26-13-8-11(13)10-6-4-3-5-7-10/h3-7,9,11,13,26H,2,8,24H2,1H3,(H2,25,29)/t11-,13+/m0/s1. The maximum atomic E-state index is 15.4. The normalized spacial score (nSPS) is 18.0. The first-order chi connectivity index (χ1) is 13.8. The zero-order valence-corrected chi connectivity index (χ0v) is 15.7. The Morgan fingerprint density at radius 2 is 1.93 bits per heavy atom. The third-order valence-corrected chi connectivity index (χ3v) is 5.39. The minimum atomic E-state index is -1.05. The van der Waals surface area contributed by atoms with Gasteiger partial charge in [-0.1, -0.05) is 30.3 Å². The zero-order chi connectivity index (χ0) is 20.9.